The molecule has 1 aromatic heterocycles. The predicted octanol–water partition coefficient (Wildman–Crippen LogP) is 4.13. The van der Waals surface area contributed by atoms with Gasteiger partial charge in [-0.2, -0.15) is 0 Å². The first-order valence-corrected chi connectivity index (χ1v) is 8.98. The van der Waals surface area contributed by atoms with Crippen molar-refractivity contribution in [2.75, 3.05) is 11.1 Å². The summed E-state index contributed by atoms with van der Waals surface area (Å²) in [5.74, 6) is 0.772. The number of nitrogens with zero attached hydrogens (tertiary/aromatic N) is 2. The van der Waals surface area contributed by atoms with Gasteiger partial charge in [-0.05, 0) is 24.1 Å². The minimum Gasteiger partial charge on any atom is -0.296 e. The van der Waals surface area contributed by atoms with E-state index in [0.717, 1.165) is 16.5 Å². The molecule has 0 spiro atoms. The molecule has 6 heteroatoms. The number of nitrogens with one attached hydrogen (secondary N) is 1. The SMILES string of the molecule is O=C(Nc1nnc(SCCc2ccccc2)s1)c1ccccc1. The molecule has 1 amide bonds. The Bertz CT molecular complexity index is 760. The highest BCUT2D eigenvalue weighted by Gasteiger charge is 2.10. The van der Waals surface area contributed by atoms with Crippen molar-refractivity contribution < 1.29 is 4.79 Å². The van der Waals surface area contributed by atoms with Crippen LogP contribution in [0.2, 0.25) is 0 Å². The Kier molecular flexibility index (Phi) is 5.39. The van der Waals surface area contributed by atoms with Gasteiger partial charge in [-0.15, -0.1) is 10.2 Å². The summed E-state index contributed by atoms with van der Waals surface area (Å²) in [4.78, 5) is 12.0. The van der Waals surface area contributed by atoms with Crippen LogP contribution in [-0.4, -0.2) is 21.9 Å². The number of benzene rings is 2. The van der Waals surface area contributed by atoms with Gasteiger partial charge < -0.3 is 0 Å². The fourth-order valence-electron chi connectivity index (χ4n) is 1.98. The number of hydrogen-bond donors (Lipinski definition) is 1. The first kappa shape index (κ1) is 15.7. The summed E-state index contributed by atoms with van der Waals surface area (Å²) in [6.07, 6.45) is 0.983. The molecule has 0 fully saturated rings. The van der Waals surface area contributed by atoms with E-state index in [9.17, 15) is 4.79 Å². The molecule has 0 aliphatic rings. The molecule has 23 heavy (non-hydrogen) atoms. The molecular formula is C17H15N3OS2. The lowest BCUT2D eigenvalue weighted by Gasteiger charge is -2.00. The molecular weight excluding hydrogens is 326 g/mol. The van der Waals surface area contributed by atoms with Crippen molar-refractivity contribution in [2.45, 2.75) is 10.8 Å². The summed E-state index contributed by atoms with van der Waals surface area (Å²) in [7, 11) is 0. The minimum atomic E-state index is -0.164. The highest BCUT2D eigenvalue weighted by molar-refractivity contribution is 8.01. The number of anilines is 1. The number of aromatic nitrogens is 2. The standard InChI is InChI=1S/C17H15N3OS2/c21-15(14-9-5-2-6-10-14)18-16-19-20-17(23-16)22-12-11-13-7-3-1-4-8-13/h1-10H,11-12H2,(H,18,19,21). The molecule has 3 aromatic rings. The Morgan fingerprint density at radius 2 is 1.70 bits per heavy atom. The predicted molar refractivity (Wildman–Crippen MR) is 95.2 cm³/mol. The van der Waals surface area contributed by atoms with E-state index < -0.39 is 0 Å². The summed E-state index contributed by atoms with van der Waals surface area (Å²) >= 11 is 3.05. The van der Waals surface area contributed by atoms with Crippen LogP contribution in [0, 0.1) is 0 Å². The number of carbonyl (C=O) groups excluding carboxylic acids is 1. The number of hydrogen-bond acceptors (Lipinski definition) is 5. The normalized spacial score (nSPS) is 10.4. The fraction of sp³-hybridized carbons (Fsp3) is 0.118. The summed E-state index contributed by atoms with van der Waals surface area (Å²) in [5, 5.41) is 11.4. The Balaban J connectivity index is 1.51. The molecule has 2 aromatic carbocycles. The Morgan fingerprint density at radius 3 is 2.43 bits per heavy atom. The lowest BCUT2D eigenvalue weighted by Crippen LogP contribution is -2.11. The second-order valence-electron chi connectivity index (χ2n) is 4.78. The van der Waals surface area contributed by atoms with E-state index in [1.54, 1.807) is 23.9 Å². The zero-order valence-corrected chi connectivity index (χ0v) is 13.9. The van der Waals surface area contributed by atoms with Gasteiger partial charge in [0.2, 0.25) is 5.13 Å². The zero-order chi connectivity index (χ0) is 15.9. The average Bonchev–Trinajstić information content (AvgIpc) is 3.04. The van der Waals surface area contributed by atoms with Gasteiger partial charge in [-0.25, -0.2) is 0 Å². The fourth-order valence-corrected chi connectivity index (χ4v) is 3.78. The van der Waals surface area contributed by atoms with Crippen molar-refractivity contribution in [1.29, 1.82) is 0 Å². The van der Waals surface area contributed by atoms with Gasteiger partial charge in [-0.3, -0.25) is 10.1 Å². The smallest absolute Gasteiger partial charge is 0.257 e. The first-order valence-electron chi connectivity index (χ1n) is 7.18. The maximum Gasteiger partial charge on any atom is 0.257 e. The van der Waals surface area contributed by atoms with Crippen molar-refractivity contribution in [3.05, 3.63) is 71.8 Å². The van der Waals surface area contributed by atoms with Crippen molar-refractivity contribution >= 4 is 34.1 Å². The summed E-state index contributed by atoms with van der Waals surface area (Å²) < 4.78 is 0.865. The van der Waals surface area contributed by atoms with E-state index in [4.69, 9.17) is 0 Å². The van der Waals surface area contributed by atoms with Crippen molar-refractivity contribution in [2.24, 2.45) is 0 Å². The van der Waals surface area contributed by atoms with E-state index in [1.807, 2.05) is 36.4 Å². The van der Waals surface area contributed by atoms with Gasteiger partial charge >= 0.3 is 0 Å². The molecule has 0 aliphatic carbocycles. The van der Waals surface area contributed by atoms with Crippen LogP contribution in [0.15, 0.2) is 65.0 Å². The maximum absolute atomic E-state index is 12.0. The molecule has 4 nitrogen and oxygen atoms in total. The molecule has 1 N–H and O–H groups in total. The minimum absolute atomic E-state index is 0.164. The molecule has 1 heterocycles. The third kappa shape index (κ3) is 4.64. The van der Waals surface area contributed by atoms with E-state index >= 15 is 0 Å². The van der Waals surface area contributed by atoms with E-state index in [-0.39, 0.29) is 5.91 Å². The van der Waals surface area contributed by atoms with Crippen molar-refractivity contribution in [3.8, 4) is 0 Å². The lowest BCUT2D eigenvalue weighted by molar-refractivity contribution is 0.102. The highest BCUT2D eigenvalue weighted by Crippen LogP contribution is 2.26. The molecule has 0 unspecified atom stereocenters. The molecule has 116 valence electrons. The molecule has 0 saturated heterocycles. The summed E-state index contributed by atoms with van der Waals surface area (Å²) in [6, 6.07) is 19.4. The monoisotopic (exact) mass is 341 g/mol. The number of aryl methyl sites for hydroxylation is 1. The largest absolute Gasteiger partial charge is 0.296 e. The van der Waals surface area contributed by atoms with Crippen LogP contribution in [0.3, 0.4) is 0 Å². The third-order valence-electron chi connectivity index (χ3n) is 3.12. The molecule has 3 rings (SSSR count). The molecule has 0 radical (unpaired) electrons. The van der Waals surface area contributed by atoms with Gasteiger partial charge in [0.25, 0.3) is 5.91 Å². The van der Waals surface area contributed by atoms with Crippen molar-refractivity contribution in [3.63, 3.8) is 0 Å². The maximum atomic E-state index is 12.0. The molecule has 0 atom stereocenters. The quantitative estimate of drug-likeness (QED) is 0.541. The number of carbonyl (C=O) groups is 1. The van der Waals surface area contributed by atoms with Gasteiger partial charge in [0.15, 0.2) is 4.34 Å². The topological polar surface area (TPSA) is 54.9 Å². The van der Waals surface area contributed by atoms with Crippen molar-refractivity contribution in [1.82, 2.24) is 10.2 Å². The second kappa shape index (κ2) is 7.89. The van der Waals surface area contributed by atoms with Crippen LogP contribution in [0.25, 0.3) is 0 Å². The lowest BCUT2D eigenvalue weighted by atomic mass is 10.2. The van der Waals surface area contributed by atoms with Crippen LogP contribution in [0.4, 0.5) is 5.13 Å². The first-order chi connectivity index (χ1) is 11.3. The van der Waals surface area contributed by atoms with Gasteiger partial charge in [-0.1, -0.05) is 71.6 Å². The average molecular weight is 341 g/mol. The van der Waals surface area contributed by atoms with E-state index in [0.29, 0.717) is 10.7 Å². The Labute approximate surface area is 143 Å². The molecule has 0 aliphatic heterocycles. The third-order valence-corrected chi connectivity index (χ3v) is 5.10. The van der Waals surface area contributed by atoms with Crippen LogP contribution in [0.1, 0.15) is 15.9 Å². The van der Waals surface area contributed by atoms with Crippen LogP contribution >= 0.6 is 23.1 Å². The van der Waals surface area contributed by atoms with Gasteiger partial charge in [0.05, 0.1) is 0 Å². The van der Waals surface area contributed by atoms with Gasteiger partial charge in [0, 0.05) is 11.3 Å². The summed E-state index contributed by atoms with van der Waals surface area (Å²) in [6.45, 7) is 0. The van der Waals surface area contributed by atoms with Crippen LogP contribution in [-0.2, 0) is 6.42 Å². The van der Waals surface area contributed by atoms with E-state index in [2.05, 4.69) is 27.6 Å². The molecule has 0 saturated carbocycles. The Hall–Kier alpha value is -2.18. The highest BCUT2D eigenvalue weighted by atomic mass is 32.2. The van der Waals surface area contributed by atoms with Crippen LogP contribution in [0.5, 0.6) is 0 Å². The number of rotatable bonds is 6. The molecule has 0 bridgehead atoms. The Morgan fingerprint density at radius 1 is 1.00 bits per heavy atom. The van der Waals surface area contributed by atoms with E-state index in [1.165, 1.54) is 16.9 Å². The number of thioether (sulfide) groups is 1. The second-order valence-corrected chi connectivity index (χ2v) is 7.10. The van der Waals surface area contributed by atoms with Gasteiger partial charge in [0.1, 0.15) is 0 Å². The number of amides is 1. The van der Waals surface area contributed by atoms with Crippen LogP contribution < -0.4 is 5.32 Å². The summed E-state index contributed by atoms with van der Waals surface area (Å²) in [5.41, 5.74) is 1.92. The zero-order valence-electron chi connectivity index (χ0n) is 12.3.